The molecule has 8 nitrogen and oxygen atoms in total. The number of nitrogens with zero attached hydrogens (tertiary/aromatic N) is 1. The molecule has 0 saturated carbocycles. The maximum absolute atomic E-state index is 11.9. The summed E-state index contributed by atoms with van der Waals surface area (Å²) in [5.41, 5.74) is 0.779. The monoisotopic (exact) mass is 343 g/mol. The van der Waals surface area contributed by atoms with Crippen LogP contribution in [0.4, 0.5) is 4.79 Å². The summed E-state index contributed by atoms with van der Waals surface area (Å²) in [5, 5.41) is 0. The summed E-state index contributed by atoms with van der Waals surface area (Å²) in [6, 6.07) is 5.23. The van der Waals surface area contributed by atoms with Gasteiger partial charge in [0.25, 0.3) is 0 Å². The first-order chi connectivity index (χ1) is 10.8. The Labute approximate surface area is 133 Å². The van der Waals surface area contributed by atoms with E-state index in [1.54, 1.807) is 19.1 Å². The van der Waals surface area contributed by atoms with E-state index in [-0.39, 0.29) is 11.5 Å². The summed E-state index contributed by atoms with van der Waals surface area (Å²) in [6.45, 7) is 1.65. The zero-order valence-electron chi connectivity index (χ0n) is 13.0. The third kappa shape index (κ3) is 3.72. The summed E-state index contributed by atoms with van der Waals surface area (Å²) < 4.78 is 25.1. The van der Waals surface area contributed by atoms with Crippen LogP contribution < -0.4 is 4.52 Å². The molecule has 1 aromatic carbocycles. The van der Waals surface area contributed by atoms with Gasteiger partial charge in [-0.15, -0.1) is 0 Å². The molecule has 2 unspecified atom stereocenters. The van der Waals surface area contributed by atoms with Crippen LogP contribution in [0.5, 0.6) is 5.75 Å². The third-order valence-corrected chi connectivity index (χ3v) is 4.59. The van der Waals surface area contributed by atoms with Gasteiger partial charge >= 0.3 is 13.9 Å². The molecule has 1 amide bonds. The third-order valence-electron chi connectivity index (χ3n) is 3.68. The number of benzene rings is 1. The van der Waals surface area contributed by atoms with Crippen molar-refractivity contribution in [3.05, 3.63) is 29.8 Å². The van der Waals surface area contributed by atoms with Crippen molar-refractivity contribution in [2.75, 3.05) is 14.2 Å². The van der Waals surface area contributed by atoms with E-state index < -0.39 is 26.0 Å². The smallest absolute Gasteiger partial charge is 0.453 e. The number of ketones is 1. The Morgan fingerprint density at radius 2 is 1.91 bits per heavy atom. The van der Waals surface area contributed by atoms with E-state index in [9.17, 15) is 19.0 Å². The van der Waals surface area contributed by atoms with Crippen LogP contribution >= 0.6 is 7.82 Å². The molecule has 1 aliphatic rings. The molecule has 1 heterocycles. The molecular formula is C14H18NO7P. The molecule has 0 aliphatic carbocycles. The molecule has 1 N–H and O–H groups in total. The number of phosphoric ester groups is 1. The van der Waals surface area contributed by atoms with Gasteiger partial charge in [0.2, 0.25) is 0 Å². The summed E-state index contributed by atoms with van der Waals surface area (Å²) in [7, 11) is -1.76. The SMILES string of the molecule is COC(=O)N1C(C)C(=O)[C@@H]1Cc1ccc(OP(=O)(O)OC)cc1. The van der Waals surface area contributed by atoms with E-state index in [0.717, 1.165) is 12.7 Å². The van der Waals surface area contributed by atoms with Crippen LogP contribution in [-0.2, 0) is 25.0 Å². The molecule has 1 aliphatic heterocycles. The number of Topliss-reactive ketones (excluding diaryl/α,β-unsaturated/α-hetero) is 1. The lowest BCUT2D eigenvalue weighted by atomic mass is 9.88. The van der Waals surface area contributed by atoms with Gasteiger partial charge in [-0.05, 0) is 24.6 Å². The molecule has 0 radical (unpaired) electrons. The van der Waals surface area contributed by atoms with Gasteiger partial charge in [-0.1, -0.05) is 12.1 Å². The zero-order chi connectivity index (χ0) is 17.2. The minimum Gasteiger partial charge on any atom is -0.453 e. The predicted molar refractivity (Wildman–Crippen MR) is 80.1 cm³/mol. The molecule has 0 aromatic heterocycles. The Bertz CT molecular complexity index is 645. The molecular weight excluding hydrogens is 325 g/mol. The standard InChI is InChI=1S/C14H18NO7P/c1-9-13(16)12(15(9)14(17)20-2)8-10-4-6-11(7-5-10)22-23(18,19)21-3/h4-7,9,12H,8H2,1-3H3,(H,18,19)/t9?,12-/m0/s1. The highest BCUT2D eigenvalue weighted by molar-refractivity contribution is 7.47. The van der Waals surface area contributed by atoms with Crippen LogP contribution in [0.3, 0.4) is 0 Å². The number of methoxy groups -OCH3 is 1. The molecule has 0 bridgehead atoms. The number of phosphoric acid groups is 1. The summed E-state index contributed by atoms with van der Waals surface area (Å²) in [4.78, 5) is 34.2. The number of carbonyl (C=O) groups is 2. The summed E-state index contributed by atoms with van der Waals surface area (Å²) >= 11 is 0. The first-order valence-electron chi connectivity index (χ1n) is 6.86. The van der Waals surface area contributed by atoms with Gasteiger partial charge in [0.05, 0.1) is 13.2 Å². The van der Waals surface area contributed by atoms with E-state index >= 15 is 0 Å². The van der Waals surface area contributed by atoms with E-state index in [1.165, 1.54) is 24.1 Å². The van der Waals surface area contributed by atoms with Crippen LogP contribution in [-0.4, -0.2) is 48.0 Å². The van der Waals surface area contributed by atoms with Crippen molar-refractivity contribution in [1.29, 1.82) is 0 Å². The van der Waals surface area contributed by atoms with Crippen LogP contribution in [0, 0.1) is 0 Å². The van der Waals surface area contributed by atoms with E-state index in [0.29, 0.717) is 6.42 Å². The number of amides is 1. The first kappa shape index (κ1) is 17.5. The summed E-state index contributed by atoms with van der Waals surface area (Å²) in [5.74, 6) is 0.134. The highest BCUT2D eigenvalue weighted by atomic mass is 31.2. The minimum absolute atomic E-state index is 0.0324. The van der Waals surface area contributed by atoms with Gasteiger partial charge in [0.15, 0.2) is 5.78 Å². The van der Waals surface area contributed by atoms with Crippen LogP contribution in [0.15, 0.2) is 24.3 Å². The van der Waals surface area contributed by atoms with Crippen LogP contribution in [0.25, 0.3) is 0 Å². The second kappa shape index (κ2) is 6.70. The molecule has 1 saturated heterocycles. The minimum atomic E-state index is -4.10. The number of carbonyl (C=O) groups excluding carboxylic acids is 2. The summed E-state index contributed by atoms with van der Waals surface area (Å²) in [6.07, 6.45) is -0.206. The maximum Gasteiger partial charge on any atom is 0.527 e. The second-order valence-electron chi connectivity index (χ2n) is 5.06. The lowest BCUT2D eigenvalue weighted by Gasteiger charge is -2.44. The number of hydrogen-bond donors (Lipinski definition) is 1. The van der Waals surface area contributed by atoms with E-state index in [1.807, 2.05) is 0 Å². The quantitative estimate of drug-likeness (QED) is 0.813. The molecule has 2 rings (SSSR count). The van der Waals surface area contributed by atoms with E-state index in [2.05, 4.69) is 9.26 Å². The fourth-order valence-corrected chi connectivity index (χ4v) is 2.87. The van der Waals surface area contributed by atoms with E-state index in [4.69, 9.17) is 4.52 Å². The lowest BCUT2D eigenvalue weighted by molar-refractivity contribution is -0.140. The number of rotatable bonds is 5. The van der Waals surface area contributed by atoms with Gasteiger partial charge in [-0.2, -0.15) is 0 Å². The normalized spacial score (nSPS) is 23.0. The van der Waals surface area contributed by atoms with Crippen molar-refractivity contribution in [2.24, 2.45) is 0 Å². The predicted octanol–water partition coefficient (Wildman–Crippen LogP) is 1.76. The second-order valence-corrected chi connectivity index (χ2v) is 6.55. The van der Waals surface area contributed by atoms with Crippen molar-refractivity contribution in [1.82, 2.24) is 4.90 Å². The molecule has 1 aromatic rings. The van der Waals surface area contributed by atoms with Gasteiger partial charge in [0, 0.05) is 13.5 Å². The number of hydrogen-bond acceptors (Lipinski definition) is 6. The van der Waals surface area contributed by atoms with Gasteiger partial charge in [-0.25, -0.2) is 9.36 Å². The molecule has 9 heteroatoms. The van der Waals surface area contributed by atoms with Crippen LogP contribution in [0.2, 0.25) is 0 Å². The average Bonchev–Trinajstić information content (AvgIpc) is 2.55. The molecule has 126 valence electrons. The Morgan fingerprint density at radius 3 is 2.43 bits per heavy atom. The highest BCUT2D eigenvalue weighted by Crippen LogP contribution is 2.42. The molecule has 3 atom stereocenters. The highest BCUT2D eigenvalue weighted by Gasteiger charge is 2.47. The maximum atomic E-state index is 11.9. The van der Waals surface area contributed by atoms with Crippen molar-refractivity contribution in [3.8, 4) is 5.75 Å². The van der Waals surface area contributed by atoms with Gasteiger partial charge in [-0.3, -0.25) is 19.1 Å². The van der Waals surface area contributed by atoms with Crippen molar-refractivity contribution in [3.63, 3.8) is 0 Å². The van der Waals surface area contributed by atoms with Crippen molar-refractivity contribution >= 4 is 19.7 Å². The van der Waals surface area contributed by atoms with Crippen molar-refractivity contribution < 1.29 is 32.8 Å². The van der Waals surface area contributed by atoms with Gasteiger partial charge in [0.1, 0.15) is 11.8 Å². The lowest BCUT2D eigenvalue weighted by Crippen LogP contribution is -2.66. The Hall–Kier alpha value is -1.89. The zero-order valence-corrected chi connectivity index (χ0v) is 13.9. The molecule has 23 heavy (non-hydrogen) atoms. The average molecular weight is 343 g/mol. The van der Waals surface area contributed by atoms with Crippen LogP contribution in [0.1, 0.15) is 12.5 Å². The topological polar surface area (TPSA) is 102 Å². The number of likely N-dealkylation sites (tertiary alicyclic amines) is 1. The largest absolute Gasteiger partial charge is 0.527 e. The Balaban J connectivity index is 2.05. The molecule has 1 fully saturated rings. The fourth-order valence-electron chi connectivity index (χ4n) is 2.41. The first-order valence-corrected chi connectivity index (χ1v) is 8.35. The Morgan fingerprint density at radius 1 is 1.30 bits per heavy atom. The molecule has 0 spiro atoms. The van der Waals surface area contributed by atoms with Gasteiger partial charge < -0.3 is 9.26 Å². The Kier molecular flexibility index (Phi) is 5.09. The fraction of sp³-hybridized carbons (Fsp3) is 0.429. The van der Waals surface area contributed by atoms with Crippen molar-refractivity contribution in [2.45, 2.75) is 25.4 Å². The number of ether oxygens (including phenoxy) is 1.